The van der Waals surface area contributed by atoms with E-state index < -0.39 is 0 Å². The number of carbonyl (C=O) groups is 1. The Balaban J connectivity index is 2.38. The molecule has 17 heavy (non-hydrogen) atoms. The van der Waals surface area contributed by atoms with Crippen molar-refractivity contribution in [3.8, 4) is 0 Å². The Morgan fingerprint density at radius 3 is 2.76 bits per heavy atom. The van der Waals surface area contributed by atoms with E-state index in [1.165, 1.54) is 17.1 Å². The zero-order chi connectivity index (χ0) is 12.3. The number of hydrogen-bond donors (Lipinski definition) is 0. The third-order valence-corrected chi connectivity index (χ3v) is 2.47. The molecule has 0 amide bonds. The van der Waals surface area contributed by atoms with Crippen LogP contribution in [0.2, 0.25) is 0 Å². The largest absolute Gasteiger partial charge is 0.372 e. The first-order chi connectivity index (χ1) is 8.27. The summed E-state index contributed by atoms with van der Waals surface area (Å²) >= 11 is 0. The van der Waals surface area contributed by atoms with E-state index in [2.05, 4.69) is 27.5 Å². The van der Waals surface area contributed by atoms with E-state index in [9.17, 15) is 4.79 Å². The van der Waals surface area contributed by atoms with Crippen molar-refractivity contribution in [3.05, 3.63) is 23.8 Å². The molecule has 0 radical (unpaired) electrons. The standard InChI is InChI=1S/C10H14N6O/c1-3-5-9-8(4-2)12-14-16(9)10(17)15-7-6-11-13-15/h6-7H,3-5H2,1-2H3. The first-order valence-corrected chi connectivity index (χ1v) is 5.62. The van der Waals surface area contributed by atoms with E-state index in [-0.39, 0.29) is 6.03 Å². The SMILES string of the molecule is CCCc1c(CC)nnn1C(=O)n1ccnn1. The summed E-state index contributed by atoms with van der Waals surface area (Å²) < 4.78 is 2.45. The van der Waals surface area contributed by atoms with E-state index in [0.717, 1.165) is 35.3 Å². The fourth-order valence-electron chi connectivity index (χ4n) is 1.66. The highest BCUT2D eigenvalue weighted by atomic mass is 16.2. The van der Waals surface area contributed by atoms with Crippen LogP contribution in [0.5, 0.6) is 0 Å². The quantitative estimate of drug-likeness (QED) is 0.788. The monoisotopic (exact) mass is 234 g/mol. The van der Waals surface area contributed by atoms with Crippen molar-refractivity contribution in [1.29, 1.82) is 0 Å². The maximum absolute atomic E-state index is 12.1. The van der Waals surface area contributed by atoms with E-state index in [0.29, 0.717) is 0 Å². The van der Waals surface area contributed by atoms with E-state index >= 15 is 0 Å². The maximum Gasteiger partial charge on any atom is 0.372 e. The number of hydrogen-bond acceptors (Lipinski definition) is 5. The molecule has 0 atom stereocenters. The molecule has 0 N–H and O–H groups in total. The zero-order valence-corrected chi connectivity index (χ0v) is 9.87. The van der Waals surface area contributed by atoms with Gasteiger partial charge in [0.25, 0.3) is 0 Å². The topological polar surface area (TPSA) is 78.5 Å². The van der Waals surface area contributed by atoms with Gasteiger partial charge < -0.3 is 0 Å². The number of carbonyl (C=O) groups excluding carboxylic acids is 1. The second kappa shape index (κ2) is 4.86. The lowest BCUT2D eigenvalue weighted by Crippen LogP contribution is -2.23. The molecule has 0 aromatic carbocycles. The lowest BCUT2D eigenvalue weighted by atomic mass is 10.2. The molecule has 0 saturated heterocycles. The van der Waals surface area contributed by atoms with Crippen molar-refractivity contribution in [2.24, 2.45) is 0 Å². The molecule has 2 aromatic rings. The summed E-state index contributed by atoms with van der Waals surface area (Å²) in [6.07, 6.45) is 5.42. The van der Waals surface area contributed by atoms with Gasteiger partial charge in [-0.25, -0.2) is 4.79 Å². The second-order valence-electron chi connectivity index (χ2n) is 3.63. The summed E-state index contributed by atoms with van der Waals surface area (Å²) in [6.45, 7) is 4.05. The van der Waals surface area contributed by atoms with Crippen LogP contribution >= 0.6 is 0 Å². The van der Waals surface area contributed by atoms with Crippen molar-refractivity contribution >= 4 is 6.03 Å². The molecule has 2 rings (SSSR count). The van der Waals surface area contributed by atoms with Gasteiger partial charge in [-0.1, -0.05) is 30.7 Å². The van der Waals surface area contributed by atoms with Gasteiger partial charge in [0.05, 0.1) is 23.8 Å². The van der Waals surface area contributed by atoms with Gasteiger partial charge in [-0.3, -0.25) is 0 Å². The zero-order valence-electron chi connectivity index (χ0n) is 9.87. The average Bonchev–Trinajstić information content (AvgIpc) is 2.97. The van der Waals surface area contributed by atoms with Crippen LogP contribution in [0.15, 0.2) is 12.4 Å². The molecule has 0 saturated carbocycles. The molecule has 2 aromatic heterocycles. The van der Waals surface area contributed by atoms with Crippen LogP contribution in [0.1, 0.15) is 31.7 Å². The molecule has 0 aliphatic heterocycles. The fraction of sp³-hybridized carbons (Fsp3) is 0.500. The molecular weight excluding hydrogens is 220 g/mol. The van der Waals surface area contributed by atoms with E-state index in [4.69, 9.17) is 0 Å². The van der Waals surface area contributed by atoms with Gasteiger partial charge in [0.2, 0.25) is 0 Å². The van der Waals surface area contributed by atoms with Gasteiger partial charge in [0, 0.05) is 0 Å². The van der Waals surface area contributed by atoms with Crippen molar-refractivity contribution in [2.45, 2.75) is 33.1 Å². The average molecular weight is 234 g/mol. The Morgan fingerprint density at radius 2 is 2.18 bits per heavy atom. The van der Waals surface area contributed by atoms with Crippen molar-refractivity contribution < 1.29 is 4.79 Å². The number of aromatic nitrogens is 6. The Morgan fingerprint density at radius 1 is 1.35 bits per heavy atom. The normalized spacial score (nSPS) is 10.7. The highest BCUT2D eigenvalue weighted by Crippen LogP contribution is 2.09. The molecule has 2 heterocycles. The summed E-state index contributed by atoms with van der Waals surface area (Å²) in [7, 11) is 0. The van der Waals surface area contributed by atoms with Gasteiger partial charge in [0.15, 0.2) is 0 Å². The number of rotatable bonds is 3. The Kier molecular flexibility index (Phi) is 3.27. The molecular formula is C10H14N6O. The van der Waals surface area contributed by atoms with Crippen LogP contribution in [0, 0.1) is 0 Å². The first kappa shape index (κ1) is 11.4. The molecule has 0 bridgehead atoms. The number of aryl methyl sites for hydroxylation is 1. The van der Waals surface area contributed by atoms with Gasteiger partial charge in [-0.15, -0.1) is 10.2 Å². The molecule has 0 unspecified atom stereocenters. The lowest BCUT2D eigenvalue weighted by Gasteiger charge is -2.04. The summed E-state index contributed by atoms with van der Waals surface area (Å²) in [6, 6.07) is -0.349. The van der Waals surface area contributed by atoms with Crippen LogP contribution in [0.3, 0.4) is 0 Å². The highest BCUT2D eigenvalue weighted by Gasteiger charge is 2.18. The first-order valence-electron chi connectivity index (χ1n) is 5.62. The molecule has 0 aliphatic rings. The highest BCUT2D eigenvalue weighted by molar-refractivity contribution is 5.77. The third kappa shape index (κ3) is 2.08. The molecule has 90 valence electrons. The molecule has 0 aliphatic carbocycles. The van der Waals surface area contributed by atoms with Gasteiger partial charge in [-0.05, 0) is 12.8 Å². The summed E-state index contributed by atoms with van der Waals surface area (Å²) in [5.74, 6) is 0. The smallest absolute Gasteiger partial charge is 0.243 e. The van der Waals surface area contributed by atoms with Crippen LogP contribution in [0.25, 0.3) is 0 Å². The van der Waals surface area contributed by atoms with Crippen molar-refractivity contribution in [3.63, 3.8) is 0 Å². The van der Waals surface area contributed by atoms with Crippen LogP contribution < -0.4 is 0 Å². The Hall–Kier alpha value is -2.05. The predicted octanol–water partition coefficient (Wildman–Crippen LogP) is 0.901. The minimum absolute atomic E-state index is 0.349. The second-order valence-corrected chi connectivity index (χ2v) is 3.63. The maximum atomic E-state index is 12.1. The summed E-state index contributed by atoms with van der Waals surface area (Å²) in [4.78, 5) is 12.1. The van der Waals surface area contributed by atoms with E-state index in [1.807, 2.05) is 6.92 Å². The van der Waals surface area contributed by atoms with Crippen LogP contribution in [0.4, 0.5) is 4.79 Å². The fourth-order valence-corrected chi connectivity index (χ4v) is 1.66. The van der Waals surface area contributed by atoms with Crippen LogP contribution in [-0.4, -0.2) is 36.0 Å². The van der Waals surface area contributed by atoms with Crippen molar-refractivity contribution in [1.82, 2.24) is 30.0 Å². The minimum atomic E-state index is -0.349. The predicted molar refractivity (Wildman–Crippen MR) is 59.6 cm³/mol. The summed E-state index contributed by atoms with van der Waals surface area (Å²) in [5.41, 5.74) is 1.72. The summed E-state index contributed by atoms with van der Waals surface area (Å²) in [5, 5.41) is 15.2. The third-order valence-electron chi connectivity index (χ3n) is 2.47. The van der Waals surface area contributed by atoms with E-state index in [1.54, 1.807) is 0 Å². The molecule has 7 heteroatoms. The van der Waals surface area contributed by atoms with Gasteiger partial charge in [-0.2, -0.15) is 9.36 Å². The van der Waals surface area contributed by atoms with Gasteiger partial charge in [0.1, 0.15) is 0 Å². The molecule has 0 fully saturated rings. The molecule has 0 spiro atoms. The minimum Gasteiger partial charge on any atom is -0.243 e. The van der Waals surface area contributed by atoms with Crippen LogP contribution in [-0.2, 0) is 12.8 Å². The molecule has 7 nitrogen and oxygen atoms in total. The Labute approximate surface area is 98.4 Å². The Bertz CT molecular complexity index is 501. The lowest BCUT2D eigenvalue weighted by molar-refractivity contribution is 0.236. The number of nitrogens with zero attached hydrogens (tertiary/aromatic N) is 6. The van der Waals surface area contributed by atoms with Gasteiger partial charge >= 0.3 is 6.03 Å². The van der Waals surface area contributed by atoms with Crippen molar-refractivity contribution in [2.75, 3.05) is 0 Å².